The molecule has 0 aliphatic rings. The van der Waals surface area contributed by atoms with Crippen molar-refractivity contribution in [2.24, 2.45) is 0 Å². The number of aromatic hydroxyl groups is 3. The van der Waals surface area contributed by atoms with E-state index in [1.54, 1.807) is 0 Å². The van der Waals surface area contributed by atoms with E-state index in [9.17, 15) is 15.3 Å². The Hall–Kier alpha value is -2.94. The van der Waals surface area contributed by atoms with Gasteiger partial charge in [0.15, 0.2) is 0 Å². The van der Waals surface area contributed by atoms with E-state index in [4.69, 9.17) is 0 Å². The van der Waals surface area contributed by atoms with Crippen LogP contribution in [0.15, 0.2) is 36.4 Å². The molecule has 0 bridgehead atoms. The van der Waals surface area contributed by atoms with Crippen LogP contribution in [0.1, 0.15) is 181 Å². The van der Waals surface area contributed by atoms with Crippen molar-refractivity contribution in [2.75, 3.05) is 0 Å². The Bertz CT molecular complexity index is 1400. The molecule has 0 atom stereocenters. The molecule has 3 heteroatoms. The van der Waals surface area contributed by atoms with Crippen LogP contribution in [0.4, 0.5) is 0 Å². The zero-order valence-electron chi connectivity index (χ0n) is 32.4. The topological polar surface area (TPSA) is 60.7 Å². The Kier molecular flexibility index (Phi) is 9.49. The lowest BCUT2D eigenvalue weighted by molar-refractivity contribution is 0.433. The van der Waals surface area contributed by atoms with Gasteiger partial charge in [-0.2, -0.15) is 0 Å². The molecule has 3 N–H and O–H groups in total. The van der Waals surface area contributed by atoms with Gasteiger partial charge in [-0.25, -0.2) is 0 Å². The summed E-state index contributed by atoms with van der Waals surface area (Å²) in [7, 11) is 0. The maximum atomic E-state index is 12.3. The van der Waals surface area contributed by atoms with E-state index in [1.807, 2.05) is 18.2 Å². The second-order valence-electron chi connectivity index (χ2n) is 19.8. The highest BCUT2D eigenvalue weighted by Crippen LogP contribution is 2.54. The van der Waals surface area contributed by atoms with E-state index in [2.05, 4.69) is 143 Å². The fourth-order valence-corrected chi connectivity index (χ4v) is 6.42. The van der Waals surface area contributed by atoms with Crippen molar-refractivity contribution in [3.8, 4) is 17.2 Å². The van der Waals surface area contributed by atoms with Crippen molar-refractivity contribution in [3.63, 3.8) is 0 Å². The van der Waals surface area contributed by atoms with E-state index in [-0.39, 0.29) is 49.7 Å². The molecular weight excluding hydrogens is 564 g/mol. The lowest BCUT2D eigenvalue weighted by atomic mass is 9.66. The molecule has 3 aromatic rings. The third-order valence-corrected chi connectivity index (χ3v) is 9.36. The van der Waals surface area contributed by atoms with E-state index in [1.165, 1.54) is 0 Å². The number of hydrogen-bond donors (Lipinski definition) is 3. The number of benzene rings is 3. The minimum atomic E-state index is -0.644. The Morgan fingerprint density at radius 3 is 0.674 bits per heavy atom. The van der Waals surface area contributed by atoms with Crippen LogP contribution in [0.5, 0.6) is 17.2 Å². The van der Waals surface area contributed by atoms with E-state index < -0.39 is 5.92 Å². The van der Waals surface area contributed by atoms with Crippen LogP contribution in [-0.2, 0) is 32.5 Å². The summed E-state index contributed by atoms with van der Waals surface area (Å²) in [5, 5.41) is 36.8. The van der Waals surface area contributed by atoms with E-state index >= 15 is 0 Å². The fraction of sp³-hybridized carbons (Fsp3) is 0.581. The van der Waals surface area contributed by atoms with Crippen LogP contribution in [0.25, 0.3) is 0 Å². The molecule has 254 valence electrons. The molecule has 0 unspecified atom stereocenters. The standard InChI is InChI=1S/C43H64O3/c1-38(2,3)25-19-28(41(10,11)12)34(31(44)22-25)37(35-29(42(13,14)15)20-26(23-32(35)45)39(4,5)6)36-30(43(16,17)18)21-27(24-33(36)46)40(7,8)9/h19-24,37,44-46H,1-18H3. The predicted molar refractivity (Wildman–Crippen MR) is 197 cm³/mol. The minimum Gasteiger partial charge on any atom is -0.508 e. The Morgan fingerprint density at radius 2 is 0.522 bits per heavy atom. The van der Waals surface area contributed by atoms with Gasteiger partial charge in [0, 0.05) is 22.6 Å². The first-order chi connectivity index (χ1) is 20.4. The molecule has 46 heavy (non-hydrogen) atoms. The number of hydrogen-bond acceptors (Lipinski definition) is 3. The largest absolute Gasteiger partial charge is 0.508 e. The fourth-order valence-electron chi connectivity index (χ4n) is 6.42. The van der Waals surface area contributed by atoms with Gasteiger partial charge in [0.25, 0.3) is 0 Å². The Labute approximate surface area is 281 Å². The normalized spacial score (nSPS) is 13.9. The SMILES string of the molecule is CC(C)(C)c1cc(O)c(C(c2c(O)cc(C(C)(C)C)cc2C(C)(C)C)c2c(O)cc(C(C)(C)C)cc2C(C)(C)C)c(C(C)(C)C)c1. The summed E-state index contributed by atoms with van der Waals surface area (Å²) in [4.78, 5) is 0. The molecule has 0 fully saturated rings. The maximum Gasteiger partial charge on any atom is 0.120 e. The van der Waals surface area contributed by atoms with Crippen molar-refractivity contribution >= 4 is 0 Å². The van der Waals surface area contributed by atoms with Crippen molar-refractivity contribution < 1.29 is 15.3 Å². The minimum absolute atomic E-state index is 0.181. The smallest absolute Gasteiger partial charge is 0.120 e. The van der Waals surface area contributed by atoms with Gasteiger partial charge in [0.1, 0.15) is 17.2 Å². The summed E-state index contributed by atoms with van der Waals surface area (Å²) in [6.45, 7) is 39.0. The first-order valence-electron chi connectivity index (χ1n) is 17.0. The predicted octanol–water partition coefficient (Wildman–Crippen LogP) is 11.8. The van der Waals surface area contributed by atoms with E-state index in [0.717, 1.165) is 50.1 Å². The molecule has 0 saturated carbocycles. The summed E-state index contributed by atoms with van der Waals surface area (Å²) >= 11 is 0. The molecule has 0 aliphatic heterocycles. The Balaban J connectivity index is 2.79. The van der Waals surface area contributed by atoms with Crippen LogP contribution in [0.3, 0.4) is 0 Å². The second-order valence-corrected chi connectivity index (χ2v) is 19.8. The molecule has 0 aromatic heterocycles. The van der Waals surface area contributed by atoms with Crippen LogP contribution >= 0.6 is 0 Å². The van der Waals surface area contributed by atoms with Gasteiger partial charge in [0.05, 0.1) is 0 Å². The molecule has 0 radical (unpaired) electrons. The lowest BCUT2D eigenvalue weighted by Crippen LogP contribution is -2.26. The van der Waals surface area contributed by atoms with Gasteiger partial charge in [-0.05, 0) is 84.1 Å². The van der Waals surface area contributed by atoms with Crippen molar-refractivity contribution in [2.45, 2.75) is 163 Å². The van der Waals surface area contributed by atoms with Crippen LogP contribution in [-0.4, -0.2) is 15.3 Å². The van der Waals surface area contributed by atoms with Gasteiger partial charge in [-0.1, -0.05) is 143 Å². The monoisotopic (exact) mass is 628 g/mol. The first-order valence-corrected chi connectivity index (χ1v) is 17.0. The lowest BCUT2D eigenvalue weighted by Gasteiger charge is -2.38. The van der Waals surface area contributed by atoms with Crippen LogP contribution in [0.2, 0.25) is 0 Å². The maximum absolute atomic E-state index is 12.3. The van der Waals surface area contributed by atoms with E-state index in [0.29, 0.717) is 0 Å². The molecule has 0 spiro atoms. The first kappa shape index (κ1) is 37.5. The zero-order chi connectivity index (χ0) is 35.7. The molecule has 0 aliphatic carbocycles. The molecule has 3 nitrogen and oxygen atoms in total. The van der Waals surface area contributed by atoms with Gasteiger partial charge in [-0.3, -0.25) is 0 Å². The van der Waals surface area contributed by atoms with Gasteiger partial charge >= 0.3 is 0 Å². The Morgan fingerprint density at radius 1 is 0.326 bits per heavy atom. The summed E-state index contributed by atoms with van der Waals surface area (Å²) < 4.78 is 0. The van der Waals surface area contributed by atoms with Crippen LogP contribution < -0.4 is 0 Å². The highest BCUT2D eigenvalue weighted by molar-refractivity contribution is 5.66. The summed E-state index contributed by atoms with van der Waals surface area (Å²) in [6, 6.07) is 12.4. The average Bonchev–Trinajstić information content (AvgIpc) is 2.81. The van der Waals surface area contributed by atoms with Crippen molar-refractivity contribution in [1.82, 2.24) is 0 Å². The molecule has 3 rings (SSSR count). The highest BCUT2D eigenvalue weighted by atomic mass is 16.3. The number of rotatable bonds is 3. The third-order valence-electron chi connectivity index (χ3n) is 9.36. The summed E-state index contributed by atoms with van der Waals surface area (Å²) in [6.07, 6.45) is 0. The van der Waals surface area contributed by atoms with Gasteiger partial charge < -0.3 is 15.3 Å². The summed E-state index contributed by atoms with van der Waals surface area (Å²) in [5.41, 5.74) is 6.72. The second kappa shape index (κ2) is 11.6. The van der Waals surface area contributed by atoms with Crippen molar-refractivity contribution in [1.29, 1.82) is 0 Å². The molecular formula is C43H64O3. The quantitative estimate of drug-likeness (QED) is 0.253. The highest BCUT2D eigenvalue weighted by Gasteiger charge is 2.40. The van der Waals surface area contributed by atoms with Crippen LogP contribution in [0, 0.1) is 0 Å². The molecule has 3 aromatic carbocycles. The number of phenolic OH excluding ortho intramolecular Hbond substituents is 3. The molecule has 0 heterocycles. The van der Waals surface area contributed by atoms with Gasteiger partial charge in [-0.15, -0.1) is 0 Å². The number of phenols is 3. The van der Waals surface area contributed by atoms with Gasteiger partial charge in [0.2, 0.25) is 0 Å². The zero-order valence-corrected chi connectivity index (χ0v) is 32.4. The molecule has 0 saturated heterocycles. The van der Waals surface area contributed by atoms with Crippen molar-refractivity contribution in [3.05, 3.63) is 86.5 Å². The third kappa shape index (κ3) is 7.61. The summed E-state index contributed by atoms with van der Waals surface area (Å²) in [5.74, 6) is -0.100. The average molecular weight is 629 g/mol. The molecule has 0 amide bonds.